The van der Waals surface area contributed by atoms with E-state index >= 15 is 0 Å². The molecule has 0 spiro atoms. The molecule has 0 N–H and O–H groups in total. The first-order chi connectivity index (χ1) is 4.46. The second kappa shape index (κ2) is 3.51. The summed E-state index contributed by atoms with van der Waals surface area (Å²) >= 11 is 4.87. The largest absolute Gasteiger partial charge is 0.322 e. The SMILES string of the molecule is CC(F)C(=O)N(C)C(=O)Cl. The molecule has 5 heteroatoms. The molecule has 0 rings (SSSR count). The fourth-order valence-electron chi connectivity index (χ4n) is 0.353. The number of rotatable bonds is 1. The van der Waals surface area contributed by atoms with E-state index in [1.807, 2.05) is 0 Å². The van der Waals surface area contributed by atoms with Crippen LogP contribution in [0.15, 0.2) is 0 Å². The molecule has 58 valence electrons. The lowest BCUT2D eigenvalue weighted by Crippen LogP contribution is -2.34. The second-order valence-electron chi connectivity index (χ2n) is 1.77. The van der Waals surface area contributed by atoms with E-state index in [1.165, 1.54) is 0 Å². The van der Waals surface area contributed by atoms with Crippen molar-refractivity contribution in [2.24, 2.45) is 0 Å². The van der Waals surface area contributed by atoms with E-state index < -0.39 is 17.4 Å². The average Bonchev–Trinajstić information content (AvgIpc) is 1.84. The number of halogens is 2. The van der Waals surface area contributed by atoms with Crippen LogP contribution in [-0.4, -0.2) is 29.4 Å². The van der Waals surface area contributed by atoms with E-state index in [0.29, 0.717) is 4.90 Å². The van der Waals surface area contributed by atoms with Crippen LogP contribution in [0.25, 0.3) is 0 Å². The Hall–Kier alpha value is -0.640. The molecule has 3 nitrogen and oxygen atoms in total. The minimum atomic E-state index is -1.69. The number of hydrogen-bond donors (Lipinski definition) is 0. The maximum Gasteiger partial charge on any atom is 0.322 e. The van der Waals surface area contributed by atoms with Gasteiger partial charge in [-0.25, -0.2) is 4.39 Å². The first-order valence-electron chi connectivity index (χ1n) is 2.58. The summed E-state index contributed by atoms with van der Waals surface area (Å²) in [5.41, 5.74) is 0. The molecule has 1 atom stereocenters. The zero-order valence-electron chi connectivity index (χ0n) is 5.60. The lowest BCUT2D eigenvalue weighted by molar-refractivity contribution is -0.131. The van der Waals surface area contributed by atoms with Crippen LogP contribution in [0.2, 0.25) is 0 Å². The Morgan fingerprint density at radius 3 is 2.10 bits per heavy atom. The average molecular weight is 168 g/mol. The maximum atomic E-state index is 12.1. The lowest BCUT2D eigenvalue weighted by atomic mass is 10.4. The summed E-state index contributed by atoms with van der Waals surface area (Å²) in [6.45, 7) is 1.04. The highest BCUT2D eigenvalue weighted by atomic mass is 35.5. The van der Waals surface area contributed by atoms with Gasteiger partial charge in [0.2, 0.25) is 0 Å². The molecule has 0 saturated carbocycles. The van der Waals surface area contributed by atoms with Crippen LogP contribution in [0.3, 0.4) is 0 Å². The van der Waals surface area contributed by atoms with Crippen molar-refractivity contribution in [1.29, 1.82) is 0 Å². The van der Waals surface area contributed by atoms with Crippen molar-refractivity contribution >= 4 is 22.9 Å². The Balaban J connectivity index is 4.08. The van der Waals surface area contributed by atoms with E-state index in [1.54, 1.807) is 0 Å². The highest BCUT2D eigenvalue weighted by Gasteiger charge is 2.19. The zero-order valence-corrected chi connectivity index (χ0v) is 6.35. The van der Waals surface area contributed by atoms with Crippen LogP contribution in [0.4, 0.5) is 9.18 Å². The number of hydrogen-bond acceptors (Lipinski definition) is 2. The number of carbonyl (C=O) groups is 2. The molecule has 10 heavy (non-hydrogen) atoms. The van der Waals surface area contributed by atoms with Gasteiger partial charge in [-0.1, -0.05) is 0 Å². The fourth-order valence-corrected chi connectivity index (χ4v) is 0.437. The van der Waals surface area contributed by atoms with Crippen LogP contribution in [0, 0.1) is 0 Å². The molecule has 0 aromatic rings. The third-order valence-corrected chi connectivity index (χ3v) is 1.19. The molecule has 0 aliphatic heterocycles. The number of nitrogens with zero attached hydrogens (tertiary/aromatic N) is 1. The molecule has 0 aliphatic rings. The quantitative estimate of drug-likeness (QED) is 0.434. The molecule has 0 aromatic carbocycles. The number of alkyl halides is 1. The van der Waals surface area contributed by atoms with Crippen LogP contribution in [0.5, 0.6) is 0 Å². The summed E-state index contributed by atoms with van der Waals surface area (Å²) in [6.07, 6.45) is -1.69. The summed E-state index contributed by atoms with van der Waals surface area (Å²) in [6, 6.07) is 0. The summed E-state index contributed by atoms with van der Waals surface area (Å²) in [7, 11) is 1.12. The smallest absolute Gasteiger partial charge is 0.271 e. The highest BCUT2D eigenvalue weighted by Crippen LogP contribution is 1.99. The Labute approximate surface area is 62.8 Å². The first kappa shape index (κ1) is 9.36. The predicted octanol–water partition coefficient (Wildman–Crippen LogP) is 1.16. The molecule has 0 bridgehead atoms. The fraction of sp³-hybridized carbons (Fsp3) is 0.600. The molecule has 0 aromatic heterocycles. The molecular formula is C5H7ClFNO2. The Morgan fingerprint density at radius 2 is 2.00 bits per heavy atom. The molecule has 2 amide bonds. The van der Waals surface area contributed by atoms with Crippen molar-refractivity contribution in [2.45, 2.75) is 13.1 Å². The molecule has 0 saturated heterocycles. The minimum Gasteiger partial charge on any atom is -0.271 e. The number of amides is 2. The van der Waals surface area contributed by atoms with E-state index in [9.17, 15) is 14.0 Å². The van der Waals surface area contributed by atoms with Gasteiger partial charge in [0, 0.05) is 7.05 Å². The molecular weight excluding hydrogens is 161 g/mol. The molecule has 0 aliphatic carbocycles. The monoisotopic (exact) mass is 167 g/mol. The van der Waals surface area contributed by atoms with Crippen molar-refractivity contribution in [3.63, 3.8) is 0 Å². The first-order valence-corrected chi connectivity index (χ1v) is 2.95. The summed E-state index contributed by atoms with van der Waals surface area (Å²) in [4.78, 5) is 21.2. The Bertz CT molecular complexity index is 160. The van der Waals surface area contributed by atoms with Gasteiger partial charge < -0.3 is 0 Å². The molecule has 0 radical (unpaired) electrons. The van der Waals surface area contributed by atoms with Crippen molar-refractivity contribution in [3.05, 3.63) is 0 Å². The molecule has 0 heterocycles. The maximum absolute atomic E-state index is 12.1. The summed E-state index contributed by atoms with van der Waals surface area (Å²) in [5, 5.41) is -0.977. The van der Waals surface area contributed by atoms with E-state index in [2.05, 4.69) is 0 Å². The van der Waals surface area contributed by atoms with E-state index in [4.69, 9.17) is 11.6 Å². The van der Waals surface area contributed by atoms with Crippen molar-refractivity contribution in [3.8, 4) is 0 Å². The summed E-state index contributed by atoms with van der Waals surface area (Å²) in [5.74, 6) is -0.931. The van der Waals surface area contributed by atoms with Gasteiger partial charge in [0.15, 0.2) is 6.17 Å². The third kappa shape index (κ3) is 2.31. The van der Waals surface area contributed by atoms with Crippen molar-refractivity contribution in [2.75, 3.05) is 7.05 Å². The van der Waals surface area contributed by atoms with Gasteiger partial charge in [0.05, 0.1) is 0 Å². The summed E-state index contributed by atoms with van der Waals surface area (Å²) < 4.78 is 12.1. The van der Waals surface area contributed by atoms with Gasteiger partial charge in [0.25, 0.3) is 5.91 Å². The number of carbonyl (C=O) groups excluding carboxylic acids is 2. The molecule has 0 fully saturated rings. The minimum absolute atomic E-state index is 0.520. The number of imide groups is 1. The van der Waals surface area contributed by atoms with Crippen molar-refractivity contribution < 1.29 is 14.0 Å². The lowest BCUT2D eigenvalue weighted by Gasteiger charge is -2.10. The predicted molar refractivity (Wildman–Crippen MR) is 34.6 cm³/mol. The normalized spacial score (nSPS) is 12.4. The zero-order chi connectivity index (χ0) is 8.31. The second-order valence-corrected chi connectivity index (χ2v) is 2.09. The van der Waals surface area contributed by atoms with Gasteiger partial charge in [-0.05, 0) is 18.5 Å². The standard InChI is InChI=1S/C5H7ClFNO2/c1-3(7)4(9)8(2)5(6)10/h3H,1-2H3. The van der Waals surface area contributed by atoms with Gasteiger partial charge in [-0.2, -0.15) is 0 Å². The van der Waals surface area contributed by atoms with Crippen LogP contribution in [-0.2, 0) is 4.79 Å². The Kier molecular flexibility index (Phi) is 3.28. The highest BCUT2D eigenvalue weighted by molar-refractivity contribution is 6.64. The van der Waals surface area contributed by atoms with Gasteiger partial charge in [-0.3, -0.25) is 14.5 Å². The Morgan fingerprint density at radius 1 is 1.60 bits per heavy atom. The van der Waals surface area contributed by atoms with Crippen LogP contribution in [0.1, 0.15) is 6.92 Å². The van der Waals surface area contributed by atoms with Gasteiger partial charge >= 0.3 is 5.37 Å². The molecule has 1 unspecified atom stereocenters. The van der Waals surface area contributed by atoms with Crippen LogP contribution < -0.4 is 0 Å². The van der Waals surface area contributed by atoms with Crippen molar-refractivity contribution in [1.82, 2.24) is 4.90 Å². The van der Waals surface area contributed by atoms with Crippen LogP contribution >= 0.6 is 11.6 Å². The van der Waals surface area contributed by atoms with E-state index in [0.717, 1.165) is 14.0 Å². The van der Waals surface area contributed by atoms with E-state index in [-0.39, 0.29) is 0 Å². The topological polar surface area (TPSA) is 37.4 Å². The van der Waals surface area contributed by atoms with Gasteiger partial charge in [0.1, 0.15) is 0 Å². The third-order valence-electron chi connectivity index (χ3n) is 0.935. The van der Waals surface area contributed by atoms with Gasteiger partial charge in [-0.15, -0.1) is 0 Å².